The van der Waals surface area contributed by atoms with Gasteiger partial charge in [0.2, 0.25) is 5.91 Å². The minimum absolute atomic E-state index is 0.164. The second-order valence-electron chi connectivity index (χ2n) is 5.99. The Kier molecular flexibility index (Phi) is 4.81. The zero-order chi connectivity index (χ0) is 14.7. The molecule has 3 nitrogen and oxygen atoms in total. The first-order valence-corrected chi connectivity index (χ1v) is 7.58. The number of hydrogen-bond donors (Lipinski definition) is 0. The Bertz CT molecular complexity index is 466. The van der Waals surface area contributed by atoms with Gasteiger partial charge in [0.05, 0.1) is 0 Å². The highest BCUT2D eigenvalue weighted by Gasteiger charge is 2.36. The molecule has 0 saturated heterocycles. The maximum atomic E-state index is 13.0. The molecule has 20 heavy (non-hydrogen) atoms. The molecule has 1 aromatic rings. The summed E-state index contributed by atoms with van der Waals surface area (Å²) in [6.45, 7) is 5.10. The highest BCUT2D eigenvalue weighted by Crippen LogP contribution is 2.32. The van der Waals surface area contributed by atoms with Crippen LogP contribution in [0.5, 0.6) is 0 Å². The first kappa shape index (κ1) is 15.0. The lowest BCUT2D eigenvalue weighted by atomic mass is 9.99. The summed E-state index contributed by atoms with van der Waals surface area (Å²) >= 11 is 0. The molecule has 0 bridgehead atoms. The zero-order valence-corrected chi connectivity index (χ0v) is 13.1. The standard InChI is InChI=1S/C17H26N2O/c1-5-12-19(14-10-11-14)17(20)16(18(3)4)15-9-7-6-8-13(15)2/h6-9,14,16H,5,10-12H2,1-4H3. The van der Waals surface area contributed by atoms with Crippen LogP contribution in [0.15, 0.2) is 24.3 Å². The van der Waals surface area contributed by atoms with E-state index >= 15 is 0 Å². The summed E-state index contributed by atoms with van der Waals surface area (Å²) in [7, 11) is 3.98. The van der Waals surface area contributed by atoms with Crippen LogP contribution in [0.1, 0.15) is 43.4 Å². The van der Waals surface area contributed by atoms with Crippen LogP contribution in [0.2, 0.25) is 0 Å². The van der Waals surface area contributed by atoms with Gasteiger partial charge in [-0.15, -0.1) is 0 Å². The minimum Gasteiger partial charge on any atom is -0.338 e. The molecule has 1 aromatic carbocycles. The number of aryl methyl sites for hydroxylation is 1. The van der Waals surface area contributed by atoms with Crippen molar-refractivity contribution in [2.24, 2.45) is 0 Å². The number of carbonyl (C=O) groups is 1. The molecule has 1 fully saturated rings. The van der Waals surface area contributed by atoms with Gasteiger partial charge in [0.25, 0.3) is 0 Å². The number of carbonyl (C=O) groups excluding carboxylic acids is 1. The van der Waals surface area contributed by atoms with E-state index in [9.17, 15) is 4.79 Å². The molecule has 0 heterocycles. The average Bonchev–Trinajstić information content (AvgIpc) is 3.22. The van der Waals surface area contributed by atoms with Gasteiger partial charge in [-0.05, 0) is 51.4 Å². The lowest BCUT2D eigenvalue weighted by molar-refractivity contribution is -0.137. The molecule has 0 radical (unpaired) electrons. The van der Waals surface area contributed by atoms with E-state index in [1.54, 1.807) is 0 Å². The van der Waals surface area contributed by atoms with Gasteiger partial charge in [-0.2, -0.15) is 0 Å². The van der Waals surface area contributed by atoms with Crippen LogP contribution >= 0.6 is 0 Å². The molecule has 0 aromatic heterocycles. The quantitative estimate of drug-likeness (QED) is 0.796. The summed E-state index contributed by atoms with van der Waals surface area (Å²) in [5, 5.41) is 0. The van der Waals surface area contributed by atoms with E-state index in [0.29, 0.717) is 6.04 Å². The van der Waals surface area contributed by atoms with Crippen molar-refractivity contribution in [3.05, 3.63) is 35.4 Å². The normalized spacial score (nSPS) is 16.2. The van der Waals surface area contributed by atoms with Gasteiger partial charge in [-0.3, -0.25) is 9.69 Å². The fourth-order valence-electron chi connectivity index (χ4n) is 2.78. The van der Waals surface area contributed by atoms with Crippen molar-refractivity contribution in [3.8, 4) is 0 Å². The largest absolute Gasteiger partial charge is 0.338 e. The van der Waals surface area contributed by atoms with Crippen LogP contribution < -0.4 is 0 Å². The number of likely N-dealkylation sites (N-methyl/N-ethyl adjacent to an activating group) is 1. The summed E-state index contributed by atoms with van der Waals surface area (Å²) in [6, 6.07) is 8.53. The Balaban J connectivity index is 2.28. The molecule has 0 aliphatic heterocycles. The first-order chi connectivity index (χ1) is 9.56. The van der Waals surface area contributed by atoms with Crippen LogP contribution in [0, 0.1) is 6.92 Å². The van der Waals surface area contributed by atoms with Crippen molar-refractivity contribution in [3.63, 3.8) is 0 Å². The van der Waals surface area contributed by atoms with Crippen LogP contribution in [0.3, 0.4) is 0 Å². The van der Waals surface area contributed by atoms with E-state index in [4.69, 9.17) is 0 Å². The Hall–Kier alpha value is -1.35. The van der Waals surface area contributed by atoms with Gasteiger partial charge in [0.1, 0.15) is 6.04 Å². The van der Waals surface area contributed by atoms with Gasteiger partial charge in [0, 0.05) is 12.6 Å². The lowest BCUT2D eigenvalue weighted by Gasteiger charge is -2.31. The molecule has 2 rings (SSSR count). The van der Waals surface area contributed by atoms with Crippen molar-refractivity contribution < 1.29 is 4.79 Å². The SMILES string of the molecule is CCCN(C(=O)C(c1ccccc1C)N(C)C)C1CC1. The Morgan fingerprint density at radius 1 is 1.30 bits per heavy atom. The number of nitrogens with zero attached hydrogens (tertiary/aromatic N) is 2. The van der Waals surface area contributed by atoms with E-state index in [1.165, 1.54) is 18.4 Å². The zero-order valence-electron chi connectivity index (χ0n) is 13.1. The third kappa shape index (κ3) is 3.21. The fourth-order valence-corrected chi connectivity index (χ4v) is 2.78. The smallest absolute Gasteiger partial charge is 0.244 e. The predicted octanol–water partition coefficient (Wildman–Crippen LogP) is 3.00. The lowest BCUT2D eigenvalue weighted by Crippen LogP contribution is -2.42. The Morgan fingerprint density at radius 3 is 2.45 bits per heavy atom. The van der Waals surface area contributed by atoms with Gasteiger partial charge >= 0.3 is 0 Å². The van der Waals surface area contributed by atoms with Crippen LogP contribution in [0.25, 0.3) is 0 Å². The molecule has 110 valence electrons. The summed E-state index contributed by atoms with van der Waals surface area (Å²) in [4.78, 5) is 17.1. The summed E-state index contributed by atoms with van der Waals surface area (Å²) < 4.78 is 0. The molecular formula is C17H26N2O. The average molecular weight is 274 g/mol. The number of amides is 1. The van der Waals surface area contributed by atoms with E-state index in [2.05, 4.69) is 30.9 Å². The van der Waals surface area contributed by atoms with Crippen molar-refractivity contribution >= 4 is 5.91 Å². The second-order valence-corrected chi connectivity index (χ2v) is 5.99. The Labute approximate surface area is 122 Å². The maximum Gasteiger partial charge on any atom is 0.244 e. The minimum atomic E-state index is -0.164. The maximum absolute atomic E-state index is 13.0. The van der Waals surface area contributed by atoms with Crippen molar-refractivity contribution in [2.45, 2.75) is 45.2 Å². The van der Waals surface area contributed by atoms with E-state index in [1.807, 2.05) is 31.1 Å². The third-order valence-electron chi connectivity index (χ3n) is 3.97. The molecular weight excluding hydrogens is 248 g/mol. The van der Waals surface area contributed by atoms with Crippen LogP contribution in [-0.4, -0.2) is 42.4 Å². The summed E-state index contributed by atoms with van der Waals surface area (Å²) in [6.07, 6.45) is 3.36. The summed E-state index contributed by atoms with van der Waals surface area (Å²) in [5.74, 6) is 0.258. The van der Waals surface area contributed by atoms with Gasteiger partial charge in [0.15, 0.2) is 0 Å². The van der Waals surface area contributed by atoms with Crippen molar-refractivity contribution in [1.82, 2.24) is 9.80 Å². The van der Waals surface area contributed by atoms with Gasteiger partial charge < -0.3 is 4.90 Å². The topological polar surface area (TPSA) is 23.6 Å². The molecule has 1 unspecified atom stereocenters. The molecule has 1 aliphatic rings. The van der Waals surface area contributed by atoms with E-state index in [-0.39, 0.29) is 11.9 Å². The van der Waals surface area contributed by atoms with Crippen LogP contribution in [0.4, 0.5) is 0 Å². The molecule has 0 spiro atoms. The molecule has 1 saturated carbocycles. The van der Waals surface area contributed by atoms with Crippen molar-refractivity contribution in [1.29, 1.82) is 0 Å². The third-order valence-corrected chi connectivity index (χ3v) is 3.97. The molecule has 1 aliphatic carbocycles. The summed E-state index contributed by atoms with van der Waals surface area (Å²) in [5.41, 5.74) is 2.32. The molecule has 1 atom stereocenters. The van der Waals surface area contributed by atoms with E-state index < -0.39 is 0 Å². The molecule has 3 heteroatoms. The van der Waals surface area contributed by atoms with E-state index in [0.717, 1.165) is 18.5 Å². The first-order valence-electron chi connectivity index (χ1n) is 7.58. The monoisotopic (exact) mass is 274 g/mol. The predicted molar refractivity (Wildman–Crippen MR) is 82.6 cm³/mol. The second kappa shape index (κ2) is 6.40. The van der Waals surface area contributed by atoms with Gasteiger partial charge in [-0.1, -0.05) is 31.2 Å². The highest BCUT2D eigenvalue weighted by molar-refractivity contribution is 5.84. The highest BCUT2D eigenvalue weighted by atomic mass is 16.2. The molecule has 1 amide bonds. The Morgan fingerprint density at radius 2 is 1.95 bits per heavy atom. The molecule has 0 N–H and O–H groups in total. The number of hydrogen-bond acceptors (Lipinski definition) is 2. The number of rotatable bonds is 6. The van der Waals surface area contributed by atoms with Crippen molar-refractivity contribution in [2.75, 3.05) is 20.6 Å². The fraction of sp³-hybridized carbons (Fsp3) is 0.588. The van der Waals surface area contributed by atoms with Crippen LogP contribution in [-0.2, 0) is 4.79 Å². The number of benzene rings is 1. The van der Waals surface area contributed by atoms with Gasteiger partial charge in [-0.25, -0.2) is 0 Å².